The van der Waals surface area contributed by atoms with Crippen molar-refractivity contribution in [1.29, 1.82) is 0 Å². The van der Waals surface area contributed by atoms with Crippen LogP contribution in [0.4, 0.5) is 11.9 Å². The second-order valence-electron chi connectivity index (χ2n) is 4.47. The zero-order chi connectivity index (χ0) is 13.9. The van der Waals surface area contributed by atoms with Crippen LogP contribution in [0, 0.1) is 0 Å². The molecule has 0 bridgehead atoms. The fourth-order valence-corrected chi connectivity index (χ4v) is 2.09. The third-order valence-electron chi connectivity index (χ3n) is 3.19. The number of nitrogens with one attached hydrogen (secondary N) is 1. The minimum Gasteiger partial charge on any atom is -0.378 e. The van der Waals surface area contributed by atoms with Crippen molar-refractivity contribution in [2.24, 2.45) is 7.05 Å². The van der Waals surface area contributed by atoms with Crippen molar-refractivity contribution in [1.82, 2.24) is 24.7 Å². The van der Waals surface area contributed by atoms with Gasteiger partial charge in [0.1, 0.15) is 5.69 Å². The Labute approximate surface area is 116 Å². The molecule has 106 valence electrons. The molecule has 2 aromatic heterocycles. The number of aromatic nitrogens is 5. The summed E-state index contributed by atoms with van der Waals surface area (Å²) >= 11 is 0. The molecule has 0 spiro atoms. The lowest BCUT2D eigenvalue weighted by Crippen LogP contribution is -2.37. The summed E-state index contributed by atoms with van der Waals surface area (Å²) in [5.74, 6) is 1.84. The van der Waals surface area contributed by atoms with Crippen molar-refractivity contribution in [3.8, 4) is 11.5 Å². The average Bonchev–Trinajstić information content (AvgIpc) is 2.94. The summed E-state index contributed by atoms with van der Waals surface area (Å²) in [6, 6.07) is 1.89. The van der Waals surface area contributed by atoms with Gasteiger partial charge in [0, 0.05) is 33.4 Å². The fraction of sp³-hybridized carbons (Fsp3) is 0.500. The first-order chi connectivity index (χ1) is 9.78. The molecule has 0 aliphatic carbocycles. The average molecular weight is 275 g/mol. The Hall–Kier alpha value is -2.22. The topological polar surface area (TPSA) is 81.0 Å². The van der Waals surface area contributed by atoms with Crippen molar-refractivity contribution < 1.29 is 4.74 Å². The fourth-order valence-electron chi connectivity index (χ4n) is 2.09. The van der Waals surface area contributed by atoms with Crippen molar-refractivity contribution in [3.05, 3.63) is 12.3 Å². The van der Waals surface area contributed by atoms with E-state index in [2.05, 4.69) is 30.3 Å². The van der Waals surface area contributed by atoms with Gasteiger partial charge in [-0.2, -0.15) is 20.1 Å². The second kappa shape index (κ2) is 5.41. The first-order valence-corrected chi connectivity index (χ1v) is 6.53. The summed E-state index contributed by atoms with van der Waals surface area (Å²) in [7, 11) is 3.66. The molecule has 0 unspecified atom stereocenters. The largest absolute Gasteiger partial charge is 0.378 e. The van der Waals surface area contributed by atoms with Crippen molar-refractivity contribution in [2.75, 3.05) is 43.6 Å². The molecule has 1 fully saturated rings. The van der Waals surface area contributed by atoms with Crippen LogP contribution < -0.4 is 10.2 Å². The highest BCUT2D eigenvalue weighted by Gasteiger charge is 2.17. The van der Waals surface area contributed by atoms with Crippen LogP contribution in [0.2, 0.25) is 0 Å². The molecular weight excluding hydrogens is 258 g/mol. The molecule has 2 aromatic rings. The smallest absolute Gasteiger partial charge is 0.230 e. The Morgan fingerprint density at radius 1 is 1.20 bits per heavy atom. The predicted octanol–water partition coefficient (Wildman–Crippen LogP) is 0.150. The van der Waals surface area contributed by atoms with E-state index in [0.717, 1.165) is 18.8 Å². The number of aryl methyl sites for hydroxylation is 1. The highest BCUT2D eigenvalue weighted by molar-refractivity contribution is 5.54. The molecule has 0 atom stereocenters. The summed E-state index contributed by atoms with van der Waals surface area (Å²) in [6.07, 6.45) is 1.73. The maximum Gasteiger partial charge on any atom is 0.230 e. The molecular formula is C12H17N7O. The van der Waals surface area contributed by atoms with E-state index in [4.69, 9.17) is 4.74 Å². The first kappa shape index (κ1) is 12.8. The van der Waals surface area contributed by atoms with Crippen molar-refractivity contribution in [2.45, 2.75) is 0 Å². The number of nitrogens with zero attached hydrogens (tertiary/aromatic N) is 6. The van der Waals surface area contributed by atoms with E-state index >= 15 is 0 Å². The Morgan fingerprint density at radius 2 is 2.00 bits per heavy atom. The SMILES string of the molecule is CNc1nc(-c2ccnn2C)nc(N2CCOCC2)n1. The van der Waals surface area contributed by atoms with Gasteiger partial charge in [-0.05, 0) is 6.07 Å². The Bertz CT molecular complexity index is 591. The number of anilines is 2. The normalized spacial score (nSPS) is 15.4. The second-order valence-corrected chi connectivity index (χ2v) is 4.47. The molecule has 8 nitrogen and oxygen atoms in total. The van der Waals surface area contributed by atoms with Crippen LogP contribution in [0.1, 0.15) is 0 Å². The molecule has 1 saturated heterocycles. The lowest BCUT2D eigenvalue weighted by molar-refractivity contribution is 0.122. The van der Waals surface area contributed by atoms with Gasteiger partial charge in [-0.3, -0.25) is 4.68 Å². The van der Waals surface area contributed by atoms with E-state index in [0.29, 0.717) is 30.9 Å². The summed E-state index contributed by atoms with van der Waals surface area (Å²) < 4.78 is 7.10. The van der Waals surface area contributed by atoms with Crippen LogP contribution in [0.25, 0.3) is 11.5 Å². The van der Waals surface area contributed by atoms with Gasteiger partial charge in [0.2, 0.25) is 11.9 Å². The van der Waals surface area contributed by atoms with Crippen LogP contribution >= 0.6 is 0 Å². The Kier molecular flexibility index (Phi) is 3.46. The van der Waals surface area contributed by atoms with E-state index in [-0.39, 0.29) is 0 Å². The highest BCUT2D eigenvalue weighted by Crippen LogP contribution is 2.19. The number of hydrogen-bond acceptors (Lipinski definition) is 7. The first-order valence-electron chi connectivity index (χ1n) is 6.53. The zero-order valence-electron chi connectivity index (χ0n) is 11.6. The van der Waals surface area contributed by atoms with Crippen molar-refractivity contribution in [3.63, 3.8) is 0 Å². The van der Waals surface area contributed by atoms with Gasteiger partial charge in [-0.25, -0.2) is 0 Å². The maximum atomic E-state index is 5.36. The summed E-state index contributed by atoms with van der Waals surface area (Å²) in [6.45, 7) is 2.97. The van der Waals surface area contributed by atoms with Crippen LogP contribution in [0.3, 0.4) is 0 Å². The third-order valence-corrected chi connectivity index (χ3v) is 3.19. The minimum atomic E-state index is 0.553. The highest BCUT2D eigenvalue weighted by atomic mass is 16.5. The van der Waals surface area contributed by atoms with Gasteiger partial charge < -0.3 is 15.0 Å². The summed E-state index contributed by atoms with van der Waals surface area (Å²) in [5.41, 5.74) is 0.860. The van der Waals surface area contributed by atoms with Crippen LogP contribution in [0.5, 0.6) is 0 Å². The van der Waals surface area contributed by atoms with Gasteiger partial charge in [0.15, 0.2) is 5.82 Å². The molecule has 8 heteroatoms. The standard InChI is InChI=1S/C12H17N7O/c1-13-11-15-10(9-3-4-14-18(9)2)16-12(17-11)19-5-7-20-8-6-19/h3-4H,5-8H2,1-2H3,(H,13,15,16,17). The number of morpholine rings is 1. The maximum absolute atomic E-state index is 5.36. The Balaban J connectivity index is 2.00. The Morgan fingerprint density at radius 3 is 2.65 bits per heavy atom. The lowest BCUT2D eigenvalue weighted by atomic mass is 10.4. The molecule has 1 aliphatic rings. The lowest BCUT2D eigenvalue weighted by Gasteiger charge is -2.27. The molecule has 3 heterocycles. The van der Waals surface area contributed by atoms with Gasteiger partial charge in [0.05, 0.1) is 13.2 Å². The van der Waals surface area contributed by atoms with Gasteiger partial charge in [0.25, 0.3) is 0 Å². The molecule has 0 amide bonds. The quantitative estimate of drug-likeness (QED) is 0.854. The number of ether oxygens (including phenoxy) is 1. The van der Waals surface area contributed by atoms with Gasteiger partial charge >= 0.3 is 0 Å². The van der Waals surface area contributed by atoms with E-state index in [1.54, 1.807) is 17.9 Å². The van der Waals surface area contributed by atoms with E-state index in [9.17, 15) is 0 Å². The molecule has 0 radical (unpaired) electrons. The summed E-state index contributed by atoms with van der Waals surface area (Å²) in [5, 5.41) is 7.13. The van der Waals surface area contributed by atoms with Crippen LogP contribution in [0.15, 0.2) is 12.3 Å². The molecule has 1 aliphatic heterocycles. The molecule has 1 N–H and O–H groups in total. The molecule has 0 aromatic carbocycles. The molecule has 0 saturated carbocycles. The van der Waals surface area contributed by atoms with Gasteiger partial charge in [-0.1, -0.05) is 0 Å². The van der Waals surface area contributed by atoms with Gasteiger partial charge in [-0.15, -0.1) is 0 Å². The number of hydrogen-bond donors (Lipinski definition) is 1. The van der Waals surface area contributed by atoms with E-state index in [1.165, 1.54) is 0 Å². The predicted molar refractivity (Wildman–Crippen MR) is 74.6 cm³/mol. The minimum absolute atomic E-state index is 0.553. The van der Waals surface area contributed by atoms with Crippen LogP contribution in [-0.4, -0.2) is 58.1 Å². The zero-order valence-corrected chi connectivity index (χ0v) is 11.6. The third kappa shape index (κ3) is 2.42. The van der Waals surface area contributed by atoms with E-state index in [1.807, 2.05) is 13.1 Å². The van der Waals surface area contributed by atoms with Crippen molar-refractivity contribution >= 4 is 11.9 Å². The van der Waals surface area contributed by atoms with Crippen LogP contribution in [-0.2, 0) is 11.8 Å². The monoisotopic (exact) mass is 275 g/mol. The molecule has 3 rings (SSSR count). The summed E-state index contributed by atoms with van der Waals surface area (Å²) in [4.78, 5) is 15.5. The van der Waals surface area contributed by atoms with E-state index < -0.39 is 0 Å². The number of rotatable bonds is 3. The molecule has 20 heavy (non-hydrogen) atoms.